The molecule has 0 bridgehead atoms. The van der Waals surface area contributed by atoms with Crippen LogP contribution in [0.2, 0.25) is 0 Å². The van der Waals surface area contributed by atoms with E-state index in [-0.39, 0.29) is 0 Å². The molecule has 0 aliphatic carbocycles. The van der Waals surface area contributed by atoms with Gasteiger partial charge in [0.25, 0.3) is 0 Å². The molecule has 74 valence electrons. The molecular weight excluding hydrogens is 196 g/mol. The van der Waals surface area contributed by atoms with Crippen LogP contribution in [-0.2, 0) is 10.4 Å². The van der Waals surface area contributed by atoms with E-state index in [0.717, 1.165) is 11.4 Å². The Morgan fingerprint density at radius 2 is 1.08 bits per heavy atom. The minimum atomic E-state index is -5.17. The normalized spacial score (nSPS) is 10.0. The zero-order valence-electron chi connectivity index (χ0n) is 6.51. The standard InChI is InChI=1S/C6H8N2.H2O4S/c7-5-1-2-6(8)4-3-5;1-5(2,3)4/h1-4H,7-8H2;(H2,1,2,3,4)/p-2. The molecule has 0 saturated carbocycles. The maximum Gasteiger partial charge on any atom is 0.0315 e. The van der Waals surface area contributed by atoms with Crippen molar-refractivity contribution in [1.82, 2.24) is 0 Å². The second-order valence-electron chi connectivity index (χ2n) is 2.07. The molecule has 0 amide bonds. The molecule has 0 saturated heterocycles. The van der Waals surface area contributed by atoms with Crippen LogP contribution in [-0.4, -0.2) is 17.5 Å². The number of benzene rings is 1. The Morgan fingerprint density at radius 1 is 0.923 bits per heavy atom. The molecule has 1 aromatic carbocycles. The van der Waals surface area contributed by atoms with Crippen molar-refractivity contribution in [1.29, 1.82) is 0 Å². The summed E-state index contributed by atoms with van der Waals surface area (Å²) in [7, 11) is -5.17. The van der Waals surface area contributed by atoms with Crippen molar-refractivity contribution in [2.45, 2.75) is 0 Å². The maximum atomic E-state index is 8.52. The SMILES string of the molecule is Nc1ccc(N)cc1.O=S(=O)([O-])[O-]. The third kappa shape index (κ3) is 10.7. The van der Waals surface area contributed by atoms with Crippen molar-refractivity contribution >= 4 is 21.8 Å². The average Bonchev–Trinajstić information content (AvgIpc) is 1.92. The number of anilines is 2. The highest BCUT2D eigenvalue weighted by Crippen LogP contribution is 2.04. The highest BCUT2D eigenvalue weighted by atomic mass is 32.3. The van der Waals surface area contributed by atoms with E-state index in [4.69, 9.17) is 29.0 Å². The molecular formula is C6H8N2O4S-2. The number of hydrogen-bond acceptors (Lipinski definition) is 6. The van der Waals surface area contributed by atoms with Crippen LogP contribution < -0.4 is 11.5 Å². The molecule has 0 radical (unpaired) electrons. The van der Waals surface area contributed by atoms with E-state index < -0.39 is 10.4 Å². The molecule has 0 unspecified atom stereocenters. The molecule has 1 rings (SSSR count). The molecule has 0 aliphatic rings. The molecule has 6 nitrogen and oxygen atoms in total. The van der Waals surface area contributed by atoms with E-state index in [1.165, 1.54) is 0 Å². The first-order chi connectivity index (χ1) is 5.79. The summed E-state index contributed by atoms with van der Waals surface area (Å²) in [4.78, 5) is 0. The number of nitrogens with two attached hydrogens (primary N) is 2. The van der Waals surface area contributed by atoms with Crippen LogP contribution in [0.1, 0.15) is 0 Å². The molecule has 0 spiro atoms. The van der Waals surface area contributed by atoms with Gasteiger partial charge in [0, 0.05) is 21.8 Å². The van der Waals surface area contributed by atoms with Crippen molar-refractivity contribution in [2.75, 3.05) is 11.5 Å². The summed E-state index contributed by atoms with van der Waals surface area (Å²) in [6.45, 7) is 0. The Bertz CT molecular complexity index is 316. The molecule has 0 atom stereocenters. The Hall–Kier alpha value is -1.31. The summed E-state index contributed by atoms with van der Waals surface area (Å²) < 4.78 is 34.1. The Balaban J connectivity index is 0.000000252. The molecule has 1 aromatic rings. The van der Waals surface area contributed by atoms with Crippen LogP contribution in [0.15, 0.2) is 24.3 Å². The Kier molecular flexibility index (Phi) is 4.18. The van der Waals surface area contributed by atoms with E-state index in [2.05, 4.69) is 0 Å². The van der Waals surface area contributed by atoms with Gasteiger partial charge in [0.1, 0.15) is 0 Å². The lowest BCUT2D eigenvalue weighted by Gasteiger charge is -2.06. The van der Waals surface area contributed by atoms with Gasteiger partial charge in [-0.15, -0.1) is 0 Å². The first kappa shape index (κ1) is 11.7. The van der Waals surface area contributed by atoms with Crippen LogP contribution in [0.5, 0.6) is 0 Å². The second kappa shape index (κ2) is 4.65. The number of nitrogen functional groups attached to an aromatic ring is 2. The smallest absolute Gasteiger partial charge is 0.0315 e. The van der Waals surface area contributed by atoms with Crippen molar-refractivity contribution < 1.29 is 17.5 Å². The Labute approximate surface area is 75.7 Å². The fourth-order valence-corrected chi connectivity index (χ4v) is 0.496. The average molecular weight is 204 g/mol. The van der Waals surface area contributed by atoms with Gasteiger partial charge >= 0.3 is 0 Å². The predicted molar refractivity (Wildman–Crippen MR) is 45.7 cm³/mol. The summed E-state index contributed by atoms with van der Waals surface area (Å²) >= 11 is 0. The topological polar surface area (TPSA) is 132 Å². The van der Waals surface area contributed by atoms with E-state index >= 15 is 0 Å². The first-order valence-corrected chi connectivity index (χ1v) is 4.40. The lowest BCUT2D eigenvalue weighted by Crippen LogP contribution is -1.91. The molecule has 0 fully saturated rings. The number of hydrogen-bond donors (Lipinski definition) is 2. The monoisotopic (exact) mass is 204 g/mol. The molecule has 4 N–H and O–H groups in total. The van der Waals surface area contributed by atoms with Crippen molar-refractivity contribution in [3.05, 3.63) is 24.3 Å². The van der Waals surface area contributed by atoms with Gasteiger partial charge in [-0.05, 0) is 24.3 Å². The van der Waals surface area contributed by atoms with Crippen molar-refractivity contribution in [3.8, 4) is 0 Å². The number of rotatable bonds is 0. The van der Waals surface area contributed by atoms with Gasteiger partial charge in [-0.3, -0.25) is 8.42 Å². The summed E-state index contributed by atoms with van der Waals surface area (Å²) in [6.07, 6.45) is 0. The molecule has 0 aliphatic heterocycles. The van der Waals surface area contributed by atoms with E-state index in [1.54, 1.807) is 24.3 Å². The third-order valence-corrected chi connectivity index (χ3v) is 0.936. The Morgan fingerprint density at radius 3 is 1.23 bits per heavy atom. The largest absolute Gasteiger partial charge is 0.759 e. The zero-order valence-corrected chi connectivity index (χ0v) is 7.32. The fraction of sp³-hybridized carbons (Fsp3) is 0. The van der Waals surface area contributed by atoms with Crippen LogP contribution in [0.3, 0.4) is 0 Å². The van der Waals surface area contributed by atoms with Crippen LogP contribution >= 0.6 is 0 Å². The zero-order chi connectivity index (χ0) is 10.5. The maximum absolute atomic E-state index is 8.52. The molecule has 13 heavy (non-hydrogen) atoms. The molecule has 0 aromatic heterocycles. The van der Waals surface area contributed by atoms with Crippen LogP contribution in [0.25, 0.3) is 0 Å². The summed E-state index contributed by atoms with van der Waals surface area (Å²) in [6, 6.07) is 7.09. The van der Waals surface area contributed by atoms with Gasteiger partial charge in [0.15, 0.2) is 0 Å². The third-order valence-electron chi connectivity index (χ3n) is 0.936. The second-order valence-corrected chi connectivity index (χ2v) is 2.89. The predicted octanol–water partition coefficient (Wildman–Crippen LogP) is -0.487. The quantitative estimate of drug-likeness (QED) is 0.333. The van der Waals surface area contributed by atoms with E-state index in [9.17, 15) is 0 Å². The van der Waals surface area contributed by atoms with Gasteiger partial charge in [-0.1, -0.05) is 0 Å². The van der Waals surface area contributed by atoms with Gasteiger partial charge < -0.3 is 20.6 Å². The highest BCUT2D eigenvalue weighted by Gasteiger charge is 1.80. The van der Waals surface area contributed by atoms with Crippen LogP contribution in [0, 0.1) is 0 Å². The summed E-state index contributed by atoms with van der Waals surface area (Å²) in [5, 5.41) is 0. The lowest BCUT2D eigenvalue weighted by atomic mass is 10.3. The molecule has 0 heterocycles. The van der Waals surface area contributed by atoms with Gasteiger partial charge in [-0.2, -0.15) is 0 Å². The minimum absolute atomic E-state index is 0.749. The first-order valence-electron chi connectivity index (χ1n) is 3.07. The highest BCUT2D eigenvalue weighted by molar-refractivity contribution is 7.79. The van der Waals surface area contributed by atoms with Gasteiger partial charge in [-0.25, -0.2) is 0 Å². The van der Waals surface area contributed by atoms with Crippen molar-refractivity contribution in [3.63, 3.8) is 0 Å². The van der Waals surface area contributed by atoms with Gasteiger partial charge in [0.05, 0.1) is 0 Å². The minimum Gasteiger partial charge on any atom is -0.759 e. The van der Waals surface area contributed by atoms with Crippen molar-refractivity contribution in [2.24, 2.45) is 0 Å². The van der Waals surface area contributed by atoms with E-state index in [0.29, 0.717) is 0 Å². The summed E-state index contributed by atoms with van der Waals surface area (Å²) in [5.74, 6) is 0. The van der Waals surface area contributed by atoms with Gasteiger partial charge in [0.2, 0.25) is 0 Å². The lowest BCUT2D eigenvalue weighted by molar-refractivity contribution is 0.352. The fourth-order valence-electron chi connectivity index (χ4n) is 0.496. The van der Waals surface area contributed by atoms with E-state index in [1.807, 2.05) is 0 Å². The molecule has 7 heteroatoms. The summed E-state index contributed by atoms with van der Waals surface area (Å²) in [5.41, 5.74) is 12.2. The van der Waals surface area contributed by atoms with Crippen LogP contribution in [0.4, 0.5) is 11.4 Å².